The number of nitrogens with one attached hydrogen (secondary N) is 1. The number of sulfonamides is 1. The quantitative estimate of drug-likeness (QED) is 0.817. The highest BCUT2D eigenvalue weighted by Gasteiger charge is 2.24. The third-order valence-electron chi connectivity index (χ3n) is 4.65. The zero-order chi connectivity index (χ0) is 19.6. The molecular formula is C19H20ClFN2O3S. The fraction of sp³-hybridized carbons (Fsp3) is 0.316. The van der Waals surface area contributed by atoms with Crippen LogP contribution in [-0.4, -0.2) is 31.8 Å². The van der Waals surface area contributed by atoms with Crippen molar-refractivity contribution in [2.75, 3.05) is 11.3 Å². The Morgan fingerprint density at radius 2 is 1.89 bits per heavy atom. The molecule has 1 fully saturated rings. The van der Waals surface area contributed by atoms with Gasteiger partial charge in [0, 0.05) is 23.8 Å². The number of amides is 1. The maximum atomic E-state index is 13.2. The Hall–Kier alpha value is -2.12. The van der Waals surface area contributed by atoms with E-state index in [9.17, 15) is 17.6 Å². The van der Waals surface area contributed by atoms with Gasteiger partial charge < -0.3 is 4.90 Å². The van der Waals surface area contributed by atoms with Gasteiger partial charge in [0.05, 0.1) is 9.92 Å². The first-order valence-electron chi connectivity index (χ1n) is 8.67. The van der Waals surface area contributed by atoms with Crippen LogP contribution in [0, 0.1) is 5.82 Å². The van der Waals surface area contributed by atoms with Crippen LogP contribution in [0.25, 0.3) is 0 Å². The molecule has 1 aliphatic rings. The molecule has 0 radical (unpaired) electrons. The fourth-order valence-corrected chi connectivity index (χ4v) is 4.43. The molecule has 2 aromatic carbocycles. The van der Waals surface area contributed by atoms with Crippen LogP contribution in [-0.2, 0) is 10.0 Å². The van der Waals surface area contributed by atoms with Crippen LogP contribution in [0.4, 0.5) is 10.1 Å². The van der Waals surface area contributed by atoms with Crippen molar-refractivity contribution in [1.82, 2.24) is 4.90 Å². The predicted octanol–water partition coefficient (Wildman–Crippen LogP) is 4.29. The van der Waals surface area contributed by atoms with Crippen LogP contribution < -0.4 is 4.72 Å². The van der Waals surface area contributed by atoms with Gasteiger partial charge in [-0.05, 0) is 68.7 Å². The number of likely N-dealkylation sites (tertiary alicyclic amines) is 1. The highest BCUT2D eigenvalue weighted by atomic mass is 35.5. The molecule has 0 bridgehead atoms. The van der Waals surface area contributed by atoms with E-state index in [2.05, 4.69) is 4.72 Å². The van der Waals surface area contributed by atoms with Crippen LogP contribution in [0.5, 0.6) is 0 Å². The highest BCUT2D eigenvalue weighted by Crippen LogP contribution is 2.23. The van der Waals surface area contributed by atoms with Crippen LogP contribution in [0.15, 0.2) is 47.4 Å². The maximum absolute atomic E-state index is 13.2. The van der Waals surface area contributed by atoms with Crippen LogP contribution in [0.3, 0.4) is 0 Å². The number of carbonyl (C=O) groups excluding carboxylic acids is 1. The minimum absolute atomic E-state index is 0.0538. The first kappa shape index (κ1) is 19.6. The molecule has 1 unspecified atom stereocenters. The van der Waals surface area contributed by atoms with Crippen molar-refractivity contribution in [2.24, 2.45) is 0 Å². The second-order valence-corrected chi connectivity index (χ2v) is 8.69. The number of carbonyl (C=O) groups is 1. The van der Waals surface area contributed by atoms with Gasteiger partial charge in [-0.15, -0.1) is 0 Å². The summed E-state index contributed by atoms with van der Waals surface area (Å²) in [5, 5.41) is -0.269. The number of anilines is 1. The lowest BCUT2D eigenvalue weighted by molar-refractivity contribution is 0.0635. The standard InChI is InChI=1S/C19H20ClFN2O3S/c1-13-4-2-3-11-23(13)19(24)14-5-7-15(8-6-14)22-27(25,26)16-9-10-18(21)17(20)12-16/h5-10,12-13,22H,2-4,11H2,1H3. The lowest BCUT2D eigenvalue weighted by atomic mass is 10.0. The lowest BCUT2D eigenvalue weighted by Gasteiger charge is -2.33. The van der Waals surface area contributed by atoms with Crippen molar-refractivity contribution in [3.63, 3.8) is 0 Å². The van der Waals surface area contributed by atoms with E-state index in [4.69, 9.17) is 11.6 Å². The smallest absolute Gasteiger partial charge is 0.261 e. The van der Waals surface area contributed by atoms with E-state index < -0.39 is 15.8 Å². The molecule has 2 aromatic rings. The highest BCUT2D eigenvalue weighted by molar-refractivity contribution is 7.92. The Labute approximate surface area is 163 Å². The maximum Gasteiger partial charge on any atom is 0.261 e. The van der Waals surface area contributed by atoms with Gasteiger partial charge in [-0.3, -0.25) is 9.52 Å². The fourth-order valence-electron chi connectivity index (χ4n) is 3.10. The Morgan fingerprint density at radius 3 is 2.52 bits per heavy atom. The zero-order valence-corrected chi connectivity index (χ0v) is 16.4. The van der Waals surface area contributed by atoms with Gasteiger partial charge in [0.25, 0.3) is 15.9 Å². The molecular weight excluding hydrogens is 391 g/mol. The SMILES string of the molecule is CC1CCCCN1C(=O)c1ccc(NS(=O)(=O)c2ccc(F)c(Cl)c2)cc1. The molecule has 3 rings (SSSR count). The number of halogens is 2. The normalized spacial score (nSPS) is 17.6. The predicted molar refractivity (Wildman–Crippen MR) is 103 cm³/mol. The van der Waals surface area contributed by atoms with Gasteiger partial charge >= 0.3 is 0 Å². The molecule has 0 aliphatic carbocycles. The third kappa shape index (κ3) is 4.42. The van der Waals surface area contributed by atoms with Gasteiger partial charge in [0.1, 0.15) is 5.82 Å². The van der Waals surface area contributed by atoms with Gasteiger partial charge in [-0.25, -0.2) is 12.8 Å². The molecule has 1 heterocycles. The molecule has 1 saturated heterocycles. The van der Waals surface area contributed by atoms with E-state index in [-0.39, 0.29) is 21.9 Å². The average Bonchev–Trinajstić information content (AvgIpc) is 2.64. The van der Waals surface area contributed by atoms with E-state index in [1.165, 1.54) is 12.1 Å². The van der Waals surface area contributed by atoms with Crippen LogP contribution >= 0.6 is 11.6 Å². The molecule has 1 amide bonds. The van der Waals surface area contributed by atoms with E-state index in [0.29, 0.717) is 11.3 Å². The molecule has 1 aliphatic heterocycles. The van der Waals surface area contributed by atoms with E-state index in [1.54, 1.807) is 12.1 Å². The van der Waals surface area contributed by atoms with E-state index in [1.807, 2.05) is 11.8 Å². The molecule has 0 spiro atoms. The lowest BCUT2D eigenvalue weighted by Crippen LogP contribution is -2.42. The summed E-state index contributed by atoms with van der Waals surface area (Å²) >= 11 is 5.65. The zero-order valence-electron chi connectivity index (χ0n) is 14.8. The molecule has 0 saturated carbocycles. The number of hydrogen-bond donors (Lipinski definition) is 1. The summed E-state index contributed by atoms with van der Waals surface area (Å²) in [4.78, 5) is 14.3. The summed E-state index contributed by atoms with van der Waals surface area (Å²) in [6.07, 6.45) is 3.11. The van der Waals surface area contributed by atoms with Gasteiger partial charge in [-0.1, -0.05) is 11.6 Å². The van der Waals surface area contributed by atoms with Crippen molar-refractivity contribution in [2.45, 2.75) is 37.1 Å². The van der Waals surface area contributed by atoms with Crippen molar-refractivity contribution < 1.29 is 17.6 Å². The average molecular weight is 411 g/mol. The Morgan fingerprint density at radius 1 is 1.19 bits per heavy atom. The number of rotatable bonds is 4. The summed E-state index contributed by atoms with van der Waals surface area (Å²) in [7, 11) is -3.91. The van der Waals surface area contributed by atoms with Gasteiger partial charge in [0.2, 0.25) is 0 Å². The molecule has 0 aromatic heterocycles. The Kier molecular flexibility index (Phi) is 5.72. The summed E-state index contributed by atoms with van der Waals surface area (Å²) in [5.74, 6) is -0.743. The minimum atomic E-state index is -3.91. The van der Waals surface area contributed by atoms with E-state index in [0.717, 1.165) is 44.0 Å². The number of piperidine rings is 1. The third-order valence-corrected chi connectivity index (χ3v) is 6.32. The minimum Gasteiger partial charge on any atom is -0.336 e. The van der Waals surface area contributed by atoms with Crippen molar-refractivity contribution in [3.05, 3.63) is 58.9 Å². The molecule has 1 atom stereocenters. The van der Waals surface area contributed by atoms with E-state index >= 15 is 0 Å². The first-order chi connectivity index (χ1) is 12.8. The number of nitrogens with zero attached hydrogens (tertiary/aromatic N) is 1. The van der Waals surface area contributed by atoms with Crippen LogP contribution in [0.1, 0.15) is 36.5 Å². The molecule has 8 heteroatoms. The molecule has 144 valence electrons. The molecule has 5 nitrogen and oxygen atoms in total. The number of hydrogen-bond acceptors (Lipinski definition) is 3. The second kappa shape index (κ2) is 7.86. The largest absolute Gasteiger partial charge is 0.336 e. The van der Waals surface area contributed by atoms with Gasteiger partial charge in [-0.2, -0.15) is 0 Å². The van der Waals surface area contributed by atoms with Crippen molar-refractivity contribution >= 4 is 33.2 Å². The number of benzene rings is 2. The molecule has 27 heavy (non-hydrogen) atoms. The Balaban J connectivity index is 1.75. The van der Waals surface area contributed by atoms with Crippen molar-refractivity contribution in [1.29, 1.82) is 0 Å². The molecule has 1 N–H and O–H groups in total. The van der Waals surface area contributed by atoms with Gasteiger partial charge in [0.15, 0.2) is 0 Å². The summed E-state index contributed by atoms with van der Waals surface area (Å²) in [5.41, 5.74) is 0.815. The topological polar surface area (TPSA) is 66.5 Å². The summed E-state index contributed by atoms with van der Waals surface area (Å²) < 4.78 is 40.4. The monoisotopic (exact) mass is 410 g/mol. The Bertz CT molecular complexity index is 948. The second-order valence-electron chi connectivity index (χ2n) is 6.60. The van der Waals surface area contributed by atoms with Crippen LogP contribution in [0.2, 0.25) is 5.02 Å². The summed E-state index contributed by atoms with van der Waals surface area (Å²) in [6, 6.07) is 9.65. The summed E-state index contributed by atoms with van der Waals surface area (Å²) in [6.45, 7) is 2.77. The first-order valence-corrected chi connectivity index (χ1v) is 10.5. The van der Waals surface area contributed by atoms with Crippen molar-refractivity contribution in [3.8, 4) is 0 Å².